The van der Waals surface area contributed by atoms with Gasteiger partial charge in [0, 0.05) is 24.2 Å². The van der Waals surface area contributed by atoms with Crippen LogP contribution in [0.1, 0.15) is 61.5 Å². The molecule has 1 amide bonds. The first-order valence-electron chi connectivity index (χ1n) is 10.5. The van der Waals surface area contributed by atoms with E-state index in [9.17, 15) is 10.1 Å². The molecule has 31 heavy (non-hydrogen) atoms. The van der Waals surface area contributed by atoms with Crippen molar-refractivity contribution in [3.63, 3.8) is 0 Å². The van der Waals surface area contributed by atoms with Crippen molar-refractivity contribution in [1.82, 2.24) is 15.1 Å². The molecule has 1 atom stereocenters. The van der Waals surface area contributed by atoms with Crippen molar-refractivity contribution in [2.75, 3.05) is 13.1 Å². The normalized spacial score (nSPS) is 11.7. The topological polar surface area (TPSA) is 109 Å². The van der Waals surface area contributed by atoms with E-state index in [-0.39, 0.29) is 11.8 Å². The molecule has 0 unspecified atom stereocenters. The van der Waals surface area contributed by atoms with Crippen molar-refractivity contribution < 1.29 is 9.21 Å². The summed E-state index contributed by atoms with van der Waals surface area (Å²) in [6.07, 6.45) is 1.74. The van der Waals surface area contributed by atoms with Crippen LogP contribution >= 0.6 is 0 Å². The van der Waals surface area contributed by atoms with E-state index in [0.29, 0.717) is 35.7 Å². The number of carbonyl (C=O) groups is 1. The van der Waals surface area contributed by atoms with Gasteiger partial charge >= 0.3 is 0 Å². The van der Waals surface area contributed by atoms with Crippen molar-refractivity contribution in [1.29, 1.82) is 5.26 Å². The third kappa shape index (κ3) is 4.98. The Kier molecular flexibility index (Phi) is 7.16. The minimum absolute atomic E-state index is 0.0619. The maximum Gasteiger partial charge on any atom is 0.253 e. The SMILES string of the molecule is CCCN(CCC)C(=O)c1cc(-c2nnc([C@H](C)N)o2)cc(-c2ccccc2C#N)c1. The number of benzene rings is 2. The van der Waals surface area contributed by atoms with Crippen LogP contribution in [-0.2, 0) is 0 Å². The second-order valence-corrected chi connectivity index (χ2v) is 7.48. The van der Waals surface area contributed by atoms with Gasteiger partial charge in [0.05, 0.1) is 17.7 Å². The third-order valence-electron chi connectivity index (χ3n) is 4.89. The summed E-state index contributed by atoms with van der Waals surface area (Å²) in [5, 5.41) is 17.7. The highest BCUT2D eigenvalue weighted by Crippen LogP contribution is 2.30. The van der Waals surface area contributed by atoms with Gasteiger partial charge in [-0.1, -0.05) is 32.0 Å². The lowest BCUT2D eigenvalue weighted by Gasteiger charge is -2.22. The summed E-state index contributed by atoms with van der Waals surface area (Å²) in [5.74, 6) is 0.549. The molecule has 0 aliphatic heterocycles. The first kappa shape index (κ1) is 22.2. The Bertz CT molecular complexity index is 1090. The van der Waals surface area contributed by atoms with Crippen molar-refractivity contribution in [2.45, 2.75) is 39.7 Å². The zero-order valence-electron chi connectivity index (χ0n) is 18.1. The summed E-state index contributed by atoms with van der Waals surface area (Å²) in [6.45, 7) is 7.22. The van der Waals surface area contributed by atoms with Gasteiger partial charge in [-0.2, -0.15) is 5.26 Å². The lowest BCUT2D eigenvalue weighted by atomic mass is 9.96. The maximum absolute atomic E-state index is 13.3. The summed E-state index contributed by atoms with van der Waals surface area (Å²) in [7, 11) is 0. The third-order valence-corrected chi connectivity index (χ3v) is 4.89. The zero-order valence-corrected chi connectivity index (χ0v) is 18.1. The van der Waals surface area contributed by atoms with Crippen molar-refractivity contribution in [3.8, 4) is 28.7 Å². The van der Waals surface area contributed by atoms with Gasteiger partial charge in [-0.05, 0) is 55.2 Å². The van der Waals surface area contributed by atoms with E-state index in [1.54, 1.807) is 19.1 Å². The number of nitriles is 1. The van der Waals surface area contributed by atoms with E-state index in [2.05, 4.69) is 30.1 Å². The second kappa shape index (κ2) is 10.0. The highest BCUT2D eigenvalue weighted by Gasteiger charge is 2.20. The molecule has 7 heteroatoms. The fraction of sp³-hybridized carbons (Fsp3) is 0.333. The number of rotatable bonds is 8. The molecule has 1 heterocycles. The maximum atomic E-state index is 13.3. The van der Waals surface area contributed by atoms with Crippen molar-refractivity contribution in [2.24, 2.45) is 5.73 Å². The van der Waals surface area contributed by atoms with Crippen LogP contribution in [0, 0.1) is 11.3 Å². The Labute approximate surface area is 182 Å². The van der Waals surface area contributed by atoms with E-state index in [4.69, 9.17) is 10.2 Å². The molecule has 1 aromatic heterocycles. The average molecular weight is 418 g/mol. The van der Waals surface area contributed by atoms with Gasteiger partial charge in [-0.15, -0.1) is 10.2 Å². The molecule has 3 aromatic rings. The van der Waals surface area contributed by atoms with Crippen LogP contribution in [0.25, 0.3) is 22.6 Å². The number of hydrogen-bond donors (Lipinski definition) is 1. The Morgan fingerprint density at radius 1 is 1.13 bits per heavy atom. The molecule has 0 bridgehead atoms. The predicted octanol–water partition coefficient (Wildman–Crippen LogP) is 4.56. The fourth-order valence-corrected chi connectivity index (χ4v) is 3.43. The smallest absolute Gasteiger partial charge is 0.253 e. The van der Waals surface area contributed by atoms with Crippen LogP contribution in [-0.4, -0.2) is 34.1 Å². The highest BCUT2D eigenvalue weighted by atomic mass is 16.4. The largest absolute Gasteiger partial charge is 0.419 e. The van der Waals surface area contributed by atoms with E-state index in [1.807, 2.05) is 35.2 Å². The Morgan fingerprint density at radius 2 is 1.81 bits per heavy atom. The van der Waals surface area contributed by atoms with Gasteiger partial charge < -0.3 is 15.1 Å². The Hall–Kier alpha value is -3.50. The molecule has 160 valence electrons. The van der Waals surface area contributed by atoms with Gasteiger partial charge in [0.15, 0.2) is 0 Å². The number of amides is 1. The summed E-state index contributed by atoms with van der Waals surface area (Å²) < 4.78 is 5.73. The lowest BCUT2D eigenvalue weighted by molar-refractivity contribution is 0.0755. The zero-order chi connectivity index (χ0) is 22.4. The standard InChI is InChI=1S/C24H27N5O2/c1-4-10-29(11-5-2)24(30)20-13-18(21-9-7-6-8-17(21)15-25)12-19(14-20)23-28-27-22(31-23)16(3)26/h6-9,12-14,16H,4-5,10-11,26H2,1-3H3/t16-/m0/s1. The van der Waals surface area contributed by atoms with Crippen LogP contribution < -0.4 is 5.73 Å². The average Bonchev–Trinajstić information content (AvgIpc) is 3.29. The molecule has 0 aliphatic rings. The molecular formula is C24H27N5O2. The Morgan fingerprint density at radius 3 is 2.42 bits per heavy atom. The molecule has 2 aromatic carbocycles. The molecule has 0 fully saturated rings. The van der Waals surface area contributed by atoms with Crippen LogP contribution in [0.4, 0.5) is 0 Å². The molecular weight excluding hydrogens is 390 g/mol. The number of nitrogens with zero attached hydrogens (tertiary/aromatic N) is 4. The predicted molar refractivity (Wildman–Crippen MR) is 119 cm³/mol. The van der Waals surface area contributed by atoms with Gasteiger partial charge in [-0.25, -0.2) is 0 Å². The first-order chi connectivity index (χ1) is 15.0. The van der Waals surface area contributed by atoms with Crippen LogP contribution in [0.2, 0.25) is 0 Å². The fourth-order valence-electron chi connectivity index (χ4n) is 3.43. The summed E-state index contributed by atoms with van der Waals surface area (Å²) in [5.41, 5.74) is 8.99. The first-order valence-corrected chi connectivity index (χ1v) is 10.5. The van der Waals surface area contributed by atoms with Gasteiger partial charge in [-0.3, -0.25) is 4.79 Å². The molecule has 0 spiro atoms. The van der Waals surface area contributed by atoms with E-state index in [1.165, 1.54) is 0 Å². The molecule has 2 N–H and O–H groups in total. The second-order valence-electron chi connectivity index (χ2n) is 7.48. The number of carbonyl (C=O) groups excluding carboxylic acids is 1. The molecule has 0 radical (unpaired) electrons. The summed E-state index contributed by atoms with van der Waals surface area (Å²) >= 11 is 0. The van der Waals surface area contributed by atoms with E-state index in [0.717, 1.165) is 24.0 Å². The van der Waals surface area contributed by atoms with Gasteiger partial charge in [0.1, 0.15) is 0 Å². The van der Waals surface area contributed by atoms with Crippen LogP contribution in [0.5, 0.6) is 0 Å². The molecule has 0 aliphatic carbocycles. The van der Waals surface area contributed by atoms with Crippen LogP contribution in [0.15, 0.2) is 46.9 Å². The lowest BCUT2D eigenvalue weighted by Crippen LogP contribution is -2.32. The summed E-state index contributed by atoms with van der Waals surface area (Å²) in [6, 6.07) is 14.6. The number of aromatic nitrogens is 2. The highest BCUT2D eigenvalue weighted by molar-refractivity contribution is 5.97. The minimum Gasteiger partial charge on any atom is -0.419 e. The molecule has 3 rings (SSSR count). The monoisotopic (exact) mass is 417 g/mol. The molecule has 0 saturated heterocycles. The Balaban J connectivity index is 2.16. The van der Waals surface area contributed by atoms with Crippen LogP contribution in [0.3, 0.4) is 0 Å². The minimum atomic E-state index is -0.394. The number of hydrogen-bond acceptors (Lipinski definition) is 6. The quantitative estimate of drug-likeness (QED) is 0.575. The van der Waals surface area contributed by atoms with E-state index < -0.39 is 6.04 Å². The van der Waals surface area contributed by atoms with Crippen molar-refractivity contribution >= 4 is 5.91 Å². The van der Waals surface area contributed by atoms with E-state index >= 15 is 0 Å². The van der Waals surface area contributed by atoms with Crippen molar-refractivity contribution in [3.05, 3.63) is 59.5 Å². The van der Waals surface area contributed by atoms with Gasteiger partial charge in [0.25, 0.3) is 5.91 Å². The molecule has 0 saturated carbocycles. The number of nitrogens with two attached hydrogens (primary N) is 1. The van der Waals surface area contributed by atoms with Gasteiger partial charge in [0.2, 0.25) is 11.8 Å². The summed E-state index contributed by atoms with van der Waals surface area (Å²) in [4.78, 5) is 15.2. The molecule has 7 nitrogen and oxygen atoms in total.